The molecule has 4 heteroatoms. The topological polar surface area (TPSA) is 3.24 Å². The van der Waals surface area contributed by atoms with E-state index in [1.807, 2.05) is 0 Å². The summed E-state index contributed by atoms with van der Waals surface area (Å²) in [6.07, 6.45) is 2.10. The molecule has 15 heavy (non-hydrogen) atoms. The van der Waals surface area contributed by atoms with Gasteiger partial charge in [-0.25, -0.2) is 0 Å². The molecule has 1 nitrogen and oxygen atoms in total. The summed E-state index contributed by atoms with van der Waals surface area (Å²) in [4.78, 5) is 2.26. The van der Waals surface area contributed by atoms with Crippen molar-refractivity contribution in [2.24, 2.45) is 0 Å². The van der Waals surface area contributed by atoms with Crippen LogP contribution in [0.4, 0.5) is 0 Å². The van der Waals surface area contributed by atoms with Crippen molar-refractivity contribution in [1.29, 1.82) is 0 Å². The summed E-state index contributed by atoms with van der Waals surface area (Å²) in [6.45, 7) is 0. The van der Waals surface area contributed by atoms with Crippen molar-refractivity contribution < 1.29 is 52.5 Å². The van der Waals surface area contributed by atoms with Crippen LogP contribution in [0, 0.1) is 0 Å². The van der Waals surface area contributed by atoms with Crippen molar-refractivity contribution in [2.75, 3.05) is 7.05 Å². The third kappa shape index (κ3) is 3.08. The zero-order valence-corrected chi connectivity index (χ0v) is 12.7. The third-order valence-corrected chi connectivity index (χ3v) is 4.02. The van der Waals surface area contributed by atoms with E-state index >= 15 is 0 Å². The Labute approximate surface area is 120 Å². The van der Waals surface area contributed by atoms with E-state index in [1.165, 1.54) is 19.8 Å². The van der Waals surface area contributed by atoms with Crippen LogP contribution in [-0.4, -0.2) is 20.6 Å². The summed E-state index contributed by atoms with van der Waals surface area (Å²) in [5, 5.41) is 0. The summed E-state index contributed by atoms with van der Waals surface area (Å²) in [7, 11) is 2.13. The van der Waals surface area contributed by atoms with E-state index in [0.29, 0.717) is 0 Å². The van der Waals surface area contributed by atoms with Crippen LogP contribution in [0.5, 0.6) is 0 Å². The molecule has 1 aliphatic rings. The maximum absolute atomic E-state index is 2.68. The zero-order chi connectivity index (χ0) is 10.1. The van der Waals surface area contributed by atoms with Crippen molar-refractivity contribution in [3.05, 3.63) is 35.4 Å². The minimum absolute atomic E-state index is 0. The summed E-state index contributed by atoms with van der Waals surface area (Å²) in [5.41, 5.74) is 2.91. The number of rotatable bonds is 0. The molecule has 0 unspecified atom stereocenters. The van der Waals surface area contributed by atoms with Gasteiger partial charge in [-0.05, 0) is 0 Å². The van der Waals surface area contributed by atoms with Crippen molar-refractivity contribution >= 4 is 8.70 Å². The molecule has 0 aromatic heterocycles. The molecule has 0 aliphatic carbocycles. The number of nitrogens with zero attached hydrogens (tertiary/aromatic N) is 1. The Hall–Kier alpha value is 0.673. The Balaban J connectivity index is 0.00000112. The number of likely N-dealkylation sites (N-methyl/N-ethyl adjacent to an activating group) is 1. The first-order valence-electron chi connectivity index (χ1n) is 4.58. The first kappa shape index (κ1) is 13.7. The van der Waals surface area contributed by atoms with E-state index < -0.39 is 0 Å². The van der Waals surface area contributed by atoms with Crippen LogP contribution >= 0.6 is 0 Å². The predicted molar refractivity (Wildman–Crippen MR) is 51.6 cm³/mol. The van der Waals surface area contributed by atoms with Crippen molar-refractivity contribution in [2.45, 2.75) is 12.8 Å². The van der Waals surface area contributed by atoms with Gasteiger partial charge in [0.25, 0.3) is 0 Å². The molecule has 0 bridgehead atoms. The van der Waals surface area contributed by atoms with Gasteiger partial charge < -0.3 is 0 Å². The van der Waals surface area contributed by atoms with Gasteiger partial charge in [0.1, 0.15) is 0 Å². The molecule has 1 radical (unpaired) electrons. The summed E-state index contributed by atoms with van der Waals surface area (Å²) in [5.74, 6) is 0. The monoisotopic (exact) mass is 310 g/mol. The van der Waals surface area contributed by atoms with Gasteiger partial charge in [0.2, 0.25) is 0 Å². The van der Waals surface area contributed by atoms with E-state index in [-0.39, 0.29) is 18.6 Å². The van der Waals surface area contributed by atoms with Gasteiger partial charge in [-0.2, -0.15) is 0 Å². The molecule has 0 amide bonds. The van der Waals surface area contributed by atoms with Gasteiger partial charge in [-0.3, -0.25) is 0 Å². The van der Waals surface area contributed by atoms with Gasteiger partial charge in [0, 0.05) is 18.6 Å². The fourth-order valence-corrected chi connectivity index (χ4v) is 2.74. The fraction of sp³-hybridized carbons (Fsp3) is 0.273. The molecule has 2 rings (SSSR count). The van der Waals surface area contributed by atoms with Gasteiger partial charge in [-0.15, -0.1) is 0 Å². The smallest absolute Gasteiger partial charge is 0 e. The van der Waals surface area contributed by atoms with Gasteiger partial charge in [0.05, 0.1) is 0 Å². The molecule has 0 N–H and O–H groups in total. The normalized spacial score (nSPS) is 16.5. The van der Waals surface area contributed by atoms with Crippen LogP contribution in [0.15, 0.2) is 24.3 Å². The largest absolute Gasteiger partial charge is 0 e. The number of hydrogen-bond acceptors (Lipinski definition) is 1. The second-order valence-corrected chi connectivity index (χ2v) is 5.13. The van der Waals surface area contributed by atoms with Crippen LogP contribution in [0.25, 0.3) is 0 Å². The molecule has 0 saturated heterocycles. The third-order valence-electron chi connectivity index (χ3n) is 2.59. The Morgan fingerprint density at radius 3 is 1.80 bits per heavy atom. The molecule has 0 fully saturated rings. The van der Waals surface area contributed by atoms with E-state index in [2.05, 4.69) is 70.2 Å². The standard InChI is InChI=1S/C11H11N.3V/c1-12-8-6-10-4-2-3-5-11(10)7-9-12;;;/h2-5H,6-7H2,1H3;;;. The van der Waals surface area contributed by atoms with Crippen LogP contribution in [0.3, 0.4) is 0 Å². The minimum Gasteiger partial charge on any atom is 0 e. The van der Waals surface area contributed by atoms with Crippen molar-refractivity contribution in [1.82, 2.24) is 4.90 Å². The van der Waals surface area contributed by atoms with Crippen molar-refractivity contribution in [3.63, 3.8) is 0 Å². The van der Waals surface area contributed by atoms with E-state index in [4.69, 9.17) is 0 Å². The second-order valence-electron chi connectivity index (χ2n) is 3.51. The van der Waals surface area contributed by atoms with Gasteiger partial charge >= 0.3 is 103 Å². The SMILES string of the molecule is CN1[C](=[V])Cc2ccccc2C[C]1=[V].[V]. The Bertz CT molecular complexity index is 364. The fourth-order valence-electron chi connectivity index (χ4n) is 1.63. The average molecular weight is 310 g/mol. The number of fused-ring (bicyclic) bond motifs is 1. The molecule has 1 aliphatic heterocycles. The average Bonchev–Trinajstić information content (AvgIpc) is 2.28. The molecule has 0 spiro atoms. The summed E-state index contributed by atoms with van der Waals surface area (Å²) < 4.78 is 2.72. The second kappa shape index (κ2) is 5.84. The maximum Gasteiger partial charge on any atom is 0 e. The Morgan fingerprint density at radius 2 is 1.40 bits per heavy atom. The zero-order valence-electron chi connectivity index (χ0n) is 8.51. The predicted octanol–water partition coefficient (Wildman–Crippen LogP) is 1.07. The Kier molecular flexibility index (Phi) is 5.35. The van der Waals surface area contributed by atoms with Crippen LogP contribution in [-0.2, 0) is 65.4 Å². The summed E-state index contributed by atoms with van der Waals surface area (Å²) >= 11 is 5.36. The molecular weight excluding hydrogens is 299 g/mol. The van der Waals surface area contributed by atoms with Gasteiger partial charge in [-0.1, -0.05) is 0 Å². The number of hydrogen-bond donors (Lipinski definition) is 0. The molecule has 1 heterocycles. The van der Waals surface area contributed by atoms with Crippen molar-refractivity contribution in [3.8, 4) is 0 Å². The molecule has 0 atom stereocenters. The molecule has 1 aromatic carbocycles. The first-order valence-corrected chi connectivity index (χ1v) is 5.98. The minimum atomic E-state index is 0. The summed E-state index contributed by atoms with van der Waals surface area (Å²) in [6, 6.07) is 8.69. The van der Waals surface area contributed by atoms with E-state index in [1.54, 1.807) is 0 Å². The van der Waals surface area contributed by atoms with E-state index in [0.717, 1.165) is 12.8 Å². The molecule has 1 aromatic rings. The van der Waals surface area contributed by atoms with Crippen LogP contribution < -0.4 is 0 Å². The van der Waals surface area contributed by atoms with Gasteiger partial charge in [0.15, 0.2) is 0 Å². The molecule has 75 valence electrons. The maximum atomic E-state index is 2.68. The number of benzene rings is 1. The van der Waals surface area contributed by atoms with Crippen LogP contribution in [0.2, 0.25) is 0 Å². The first-order chi connectivity index (χ1) is 6.68. The van der Waals surface area contributed by atoms with E-state index in [9.17, 15) is 0 Å². The Morgan fingerprint density at radius 1 is 1.00 bits per heavy atom. The molecular formula is C11H11NV3. The van der Waals surface area contributed by atoms with Crippen LogP contribution in [0.1, 0.15) is 11.1 Å². The molecule has 0 saturated carbocycles. The quantitative estimate of drug-likeness (QED) is 0.693.